The van der Waals surface area contributed by atoms with Gasteiger partial charge in [-0.15, -0.1) is 5.10 Å². The van der Waals surface area contributed by atoms with Crippen molar-refractivity contribution in [1.29, 1.82) is 0 Å². The Morgan fingerprint density at radius 1 is 1.31 bits per heavy atom. The number of fused-ring (bicyclic) bond motifs is 1. The second-order valence-corrected chi connectivity index (χ2v) is 8.96. The molecule has 11 heteroatoms. The Labute approximate surface area is 153 Å². The van der Waals surface area contributed by atoms with Crippen molar-refractivity contribution in [2.75, 3.05) is 25.4 Å². The first-order valence-corrected chi connectivity index (χ1v) is 10.5. The van der Waals surface area contributed by atoms with E-state index < -0.39 is 15.6 Å². The van der Waals surface area contributed by atoms with Gasteiger partial charge in [0.25, 0.3) is 0 Å². The highest BCUT2D eigenvalue weighted by Crippen LogP contribution is 2.33. The smallest absolute Gasteiger partial charge is 0.315 e. The van der Waals surface area contributed by atoms with E-state index in [4.69, 9.17) is 4.74 Å². The van der Waals surface area contributed by atoms with Crippen molar-refractivity contribution in [3.8, 4) is 0 Å². The van der Waals surface area contributed by atoms with Gasteiger partial charge in [0.15, 0.2) is 0 Å². The zero-order valence-electron chi connectivity index (χ0n) is 15.2. The predicted octanol–water partition coefficient (Wildman–Crippen LogP) is -0.188. The van der Waals surface area contributed by atoms with Crippen LogP contribution >= 0.6 is 0 Å². The fraction of sp³-hybridized carbons (Fsp3) is 0.800. The molecule has 2 amide bonds. The maximum atomic E-state index is 12.1. The van der Waals surface area contributed by atoms with Crippen LogP contribution < -0.4 is 10.6 Å². The van der Waals surface area contributed by atoms with Gasteiger partial charge in [0.05, 0.1) is 31.1 Å². The molecule has 2 aliphatic heterocycles. The lowest BCUT2D eigenvalue weighted by Gasteiger charge is -2.33. The summed E-state index contributed by atoms with van der Waals surface area (Å²) in [6.45, 7) is 6.10. The zero-order valence-corrected chi connectivity index (χ0v) is 16.0. The Hall–Kier alpha value is -1.72. The highest BCUT2D eigenvalue weighted by Gasteiger charge is 2.46. The van der Waals surface area contributed by atoms with Gasteiger partial charge in [-0.25, -0.2) is 17.9 Å². The van der Waals surface area contributed by atoms with Crippen molar-refractivity contribution >= 4 is 16.1 Å². The van der Waals surface area contributed by atoms with Gasteiger partial charge in [0, 0.05) is 19.6 Å². The van der Waals surface area contributed by atoms with Crippen molar-refractivity contribution in [3.05, 3.63) is 11.4 Å². The van der Waals surface area contributed by atoms with Gasteiger partial charge in [0.2, 0.25) is 10.0 Å². The fourth-order valence-corrected chi connectivity index (χ4v) is 4.44. The minimum atomic E-state index is -3.22. The number of hydrogen-bond acceptors (Lipinski definition) is 6. The summed E-state index contributed by atoms with van der Waals surface area (Å²) in [6, 6.07) is -0.238. The molecule has 146 valence electrons. The van der Waals surface area contributed by atoms with Crippen LogP contribution in [0.1, 0.15) is 38.1 Å². The molecule has 1 aromatic rings. The average Bonchev–Trinajstić information content (AvgIpc) is 3.23. The van der Waals surface area contributed by atoms with Crippen LogP contribution in [-0.4, -0.2) is 64.7 Å². The molecule has 2 aliphatic rings. The van der Waals surface area contributed by atoms with E-state index in [-0.39, 0.29) is 18.3 Å². The van der Waals surface area contributed by atoms with Crippen LogP contribution in [0, 0.1) is 0 Å². The van der Waals surface area contributed by atoms with Crippen molar-refractivity contribution in [2.24, 2.45) is 0 Å². The molecule has 0 aromatic carbocycles. The minimum absolute atomic E-state index is 0.0908. The number of carbonyl (C=O) groups is 1. The number of carbonyl (C=O) groups excluding carboxylic acids is 1. The normalized spacial score (nSPS) is 23.2. The number of hydrogen-bond donors (Lipinski definition) is 2. The van der Waals surface area contributed by atoms with Gasteiger partial charge in [-0.3, -0.25) is 0 Å². The molecule has 0 bridgehead atoms. The highest BCUT2D eigenvalue weighted by molar-refractivity contribution is 7.89. The van der Waals surface area contributed by atoms with Gasteiger partial charge < -0.3 is 15.4 Å². The number of rotatable bonds is 6. The van der Waals surface area contributed by atoms with Crippen molar-refractivity contribution in [3.63, 3.8) is 0 Å². The van der Waals surface area contributed by atoms with Crippen LogP contribution in [-0.2, 0) is 34.5 Å². The fourth-order valence-electron chi connectivity index (χ4n) is 3.27. The third kappa shape index (κ3) is 3.84. The molecule has 0 aliphatic carbocycles. The summed E-state index contributed by atoms with van der Waals surface area (Å²) in [5.74, 6) is 0.0908. The van der Waals surface area contributed by atoms with Crippen LogP contribution in [0.5, 0.6) is 0 Å². The van der Waals surface area contributed by atoms with Gasteiger partial charge in [0.1, 0.15) is 11.3 Å². The van der Waals surface area contributed by atoms with Crippen LogP contribution in [0.15, 0.2) is 0 Å². The van der Waals surface area contributed by atoms with E-state index in [0.717, 1.165) is 12.1 Å². The summed E-state index contributed by atoms with van der Waals surface area (Å²) in [4.78, 5) is 11.7. The van der Waals surface area contributed by atoms with Crippen LogP contribution in [0.3, 0.4) is 0 Å². The third-order valence-electron chi connectivity index (χ3n) is 4.86. The van der Waals surface area contributed by atoms with Crippen molar-refractivity contribution in [2.45, 2.75) is 52.0 Å². The van der Waals surface area contributed by atoms with E-state index in [1.165, 1.54) is 4.31 Å². The van der Waals surface area contributed by atoms with E-state index in [1.54, 1.807) is 11.6 Å². The maximum absolute atomic E-state index is 12.1. The van der Waals surface area contributed by atoms with Gasteiger partial charge >= 0.3 is 6.03 Å². The van der Waals surface area contributed by atoms with Crippen LogP contribution in [0.4, 0.5) is 4.79 Å². The topological polar surface area (TPSA) is 118 Å². The monoisotopic (exact) mass is 386 g/mol. The van der Waals surface area contributed by atoms with Crippen molar-refractivity contribution in [1.82, 2.24) is 29.9 Å². The Balaban J connectivity index is 1.63. The molecule has 10 nitrogen and oxygen atoms in total. The number of sulfonamides is 1. The molecule has 1 saturated heterocycles. The summed E-state index contributed by atoms with van der Waals surface area (Å²) in [5.41, 5.74) is 0.942. The minimum Gasteiger partial charge on any atom is -0.365 e. The largest absolute Gasteiger partial charge is 0.365 e. The Bertz CT molecular complexity index is 764. The van der Waals surface area contributed by atoms with E-state index >= 15 is 0 Å². The summed E-state index contributed by atoms with van der Waals surface area (Å²) < 4.78 is 33.5. The second kappa shape index (κ2) is 7.49. The van der Waals surface area contributed by atoms with E-state index in [1.807, 2.05) is 6.92 Å². The van der Waals surface area contributed by atoms with Crippen LogP contribution in [0.25, 0.3) is 0 Å². The second-order valence-electron chi connectivity index (χ2n) is 6.71. The number of nitrogens with one attached hydrogen (secondary N) is 2. The van der Waals surface area contributed by atoms with Gasteiger partial charge in [-0.2, -0.15) is 4.31 Å². The quantitative estimate of drug-likeness (QED) is 0.700. The highest BCUT2D eigenvalue weighted by atomic mass is 32.2. The first kappa shape index (κ1) is 19.1. The van der Waals surface area contributed by atoms with E-state index in [9.17, 15) is 13.2 Å². The number of nitrogens with zero attached hydrogens (tertiary/aromatic N) is 4. The third-order valence-corrected chi connectivity index (χ3v) is 6.69. The molecule has 1 spiro atoms. The molecule has 1 fully saturated rings. The molecule has 26 heavy (non-hydrogen) atoms. The molecule has 2 N–H and O–H groups in total. The molecule has 1 aromatic heterocycles. The average molecular weight is 386 g/mol. The first-order valence-electron chi connectivity index (χ1n) is 8.94. The molecule has 1 atom stereocenters. The maximum Gasteiger partial charge on any atom is 0.315 e. The van der Waals surface area contributed by atoms with E-state index in [2.05, 4.69) is 20.9 Å². The lowest BCUT2D eigenvalue weighted by Crippen LogP contribution is -2.45. The lowest BCUT2D eigenvalue weighted by molar-refractivity contribution is -0.0813. The first-order chi connectivity index (χ1) is 12.4. The summed E-state index contributed by atoms with van der Waals surface area (Å²) >= 11 is 0. The summed E-state index contributed by atoms with van der Waals surface area (Å²) in [7, 11) is -3.22. The van der Waals surface area contributed by atoms with Crippen molar-refractivity contribution < 1.29 is 17.9 Å². The van der Waals surface area contributed by atoms with E-state index in [0.29, 0.717) is 44.9 Å². The Kier molecular flexibility index (Phi) is 5.49. The molecular formula is C15H26N6O4S. The molecule has 0 radical (unpaired) electrons. The Morgan fingerprint density at radius 2 is 2.12 bits per heavy atom. The number of aromatic nitrogens is 3. The summed E-state index contributed by atoms with van der Waals surface area (Å²) in [6.07, 6.45) is 1.51. The number of ether oxygens (including phenoxy) is 1. The zero-order chi connectivity index (χ0) is 18.8. The predicted molar refractivity (Wildman–Crippen MR) is 93.7 cm³/mol. The number of urea groups is 1. The standard InChI is InChI=1S/C15H26N6O4S/c1-3-6-16-14(22)17-8-12-13-9-25-15(11-21(13)19-18-12)5-7-20(10-15)26(23,24)4-2/h3-11H2,1-2H3,(H2,16,17,22). The molecule has 0 saturated carbocycles. The molecule has 1 unspecified atom stereocenters. The molecule has 3 rings (SSSR count). The van der Waals surface area contributed by atoms with Gasteiger partial charge in [-0.05, 0) is 19.8 Å². The molecular weight excluding hydrogens is 360 g/mol. The lowest BCUT2D eigenvalue weighted by atomic mass is 10.0. The number of amides is 2. The molecule has 3 heterocycles. The Morgan fingerprint density at radius 3 is 2.85 bits per heavy atom. The van der Waals surface area contributed by atoms with Crippen LogP contribution in [0.2, 0.25) is 0 Å². The SMILES string of the molecule is CCCNC(=O)NCc1nnn2c1COC1(CCN(S(=O)(=O)CC)C1)C2. The summed E-state index contributed by atoms with van der Waals surface area (Å²) in [5, 5.41) is 13.8. The van der Waals surface area contributed by atoms with Gasteiger partial charge in [-0.1, -0.05) is 12.1 Å².